The Morgan fingerprint density at radius 3 is 2.29 bits per heavy atom. The number of hydrogen-bond donors (Lipinski definition) is 1. The van der Waals surface area contributed by atoms with Crippen molar-refractivity contribution < 1.29 is 4.52 Å². The first-order chi connectivity index (χ1) is 7.98. The quantitative estimate of drug-likeness (QED) is 0.862. The van der Waals surface area contributed by atoms with Crippen LogP contribution >= 0.6 is 0 Å². The minimum absolute atomic E-state index is 0.148. The second kappa shape index (κ2) is 4.30. The molecule has 1 aromatic heterocycles. The highest BCUT2D eigenvalue weighted by Gasteiger charge is 2.16. The molecule has 0 fully saturated rings. The zero-order valence-corrected chi connectivity index (χ0v) is 10.3. The summed E-state index contributed by atoms with van der Waals surface area (Å²) in [5, 5.41) is 3.75. The number of aromatic nitrogens is 2. The molecule has 0 radical (unpaired) electrons. The summed E-state index contributed by atoms with van der Waals surface area (Å²) in [6.45, 7) is 6.55. The molecule has 2 N–H and O–H groups in total. The third kappa shape index (κ3) is 2.53. The fraction of sp³-hybridized carbons (Fsp3) is 0.385. The largest absolute Gasteiger partial charge is 0.343 e. The van der Waals surface area contributed by atoms with Crippen molar-refractivity contribution in [2.75, 3.05) is 0 Å². The smallest absolute Gasteiger partial charge is 0.213 e. The average molecular weight is 231 g/mol. The van der Waals surface area contributed by atoms with Crippen LogP contribution < -0.4 is 5.73 Å². The van der Waals surface area contributed by atoms with Gasteiger partial charge in [0.2, 0.25) is 6.39 Å². The summed E-state index contributed by atoms with van der Waals surface area (Å²) < 4.78 is 4.69. The van der Waals surface area contributed by atoms with Gasteiger partial charge >= 0.3 is 0 Å². The van der Waals surface area contributed by atoms with E-state index in [1.54, 1.807) is 0 Å². The summed E-state index contributed by atoms with van der Waals surface area (Å²) in [4.78, 5) is 3.96. The van der Waals surface area contributed by atoms with E-state index in [2.05, 4.69) is 43.0 Å². The topological polar surface area (TPSA) is 64.9 Å². The summed E-state index contributed by atoms with van der Waals surface area (Å²) in [7, 11) is 0. The first kappa shape index (κ1) is 11.8. The van der Waals surface area contributed by atoms with Gasteiger partial charge in [-0.15, -0.1) is 0 Å². The van der Waals surface area contributed by atoms with E-state index in [9.17, 15) is 0 Å². The summed E-state index contributed by atoms with van der Waals surface area (Å²) in [6.07, 6.45) is 1.29. The first-order valence-corrected chi connectivity index (χ1v) is 5.61. The fourth-order valence-electron chi connectivity index (χ4n) is 1.66. The molecule has 0 saturated heterocycles. The van der Waals surface area contributed by atoms with Gasteiger partial charge in [0.05, 0.1) is 6.04 Å². The standard InChI is InChI=1S/C13H17N3O/c1-13(2,3)10-6-4-9(5-7-10)11(14)12-15-8-17-16-12/h4-8,11H,14H2,1-3H3. The van der Waals surface area contributed by atoms with E-state index in [1.165, 1.54) is 12.0 Å². The lowest BCUT2D eigenvalue weighted by molar-refractivity contribution is 0.407. The molecule has 1 heterocycles. The van der Waals surface area contributed by atoms with E-state index in [-0.39, 0.29) is 11.5 Å². The molecular formula is C13H17N3O. The molecule has 0 saturated carbocycles. The Morgan fingerprint density at radius 2 is 1.82 bits per heavy atom. The van der Waals surface area contributed by atoms with E-state index >= 15 is 0 Å². The van der Waals surface area contributed by atoms with Gasteiger partial charge in [0.1, 0.15) is 0 Å². The van der Waals surface area contributed by atoms with Gasteiger partial charge in [0, 0.05) is 0 Å². The second-order valence-corrected chi connectivity index (χ2v) is 5.14. The molecule has 1 unspecified atom stereocenters. The highest BCUT2D eigenvalue weighted by Crippen LogP contribution is 2.24. The minimum atomic E-state index is -0.331. The van der Waals surface area contributed by atoms with Crippen molar-refractivity contribution in [1.29, 1.82) is 0 Å². The summed E-state index contributed by atoms with van der Waals surface area (Å²) in [5.41, 5.74) is 8.45. The number of nitrogens with zero attached hydrogens (tertiary/aromatic N) is 2. The van der Waals surface area contributed by atoms with Crippen molar-refractivity contribution in [3.8, 4) is 0 Å². The van der Waals surface area contributed by atoms with Gasteiger partial charge in [0.15, 0.2) is 5.82 Å². The Kier molecular flexibility index (Phi) is 2.98. The normalized spacial score (nSPS) is 13.6. The molecule has 0 spiro atoms. The molecule has 1 atom stereocenters. The summed E-state index contributed by atoms with van der Waals surface area (Å²) in [5.74, 6) is 0.508. The predicted octanol–water partition coefficient (Wildman–Crippen LogP) is 2.42. The highest BCUT2D eigenvalue weighted by molar-refractivity contribution is 5.31. The van der Waals surface area contributed by atoms with Crippen molar-refractivity contribution in [3.63, 3.8) is 0 Å². The van der Waals surface area contributed by atoms with Crippen LogP contribution in [-0.4, -0.2) is 10.1 Å². The van der Waals surface area contributed by atoms with Crippen LogP contribution in [0.3, 0.4) is 0 Å². The lowest BCUT2D eigenvalue weighted by atomic mass is 9.86. The van der Waals surface area contributed by atoms with Crippen LogP contribution in [-0.2, 0) is 5.41 Å². The van der Waals surface area contributed by atoms with Gasteiger partial charge in [0.25, 0.3) is 0 Å². The molecule has 1 aromatic carbocycles. The Balaban J connectivity index is 2.24. The number of benzene rings is 1. The molecule has 0 amide bonds. The third-order valence-corrected chi connectivity index (χ3v) is 2.79. The van der Waals surface area contributed by atoms with Crippen molar-refractivity contribution in [1.82, 2.24) is 10.1 Å². The second-order valence-electron chi connectivity index (χ2n) is 5.14. The van der Waals surface area contributed by atoms with Crippen molar-refractivity contribution in [2.45, 2.75) is 32.2 Å². The molecular weight excluding hydrogens is 214 g/mol. The lowest BCUT2D eigenvalue weighted by Gasteiger charge is -2.19. The van der Waals surface area contributed by atoms with Gasteiger partial charge in [-0.1, -0.05) is 50.2 Å². The van der Waals surface area contributed by atoms with E-state index in [0.29, 0.717) is 5.82 Å². The van der Waals surface area contributed by atoms with Crippen LogP contribution in [0.15, 0.2) is 35.2 Å². The van der Waals surface area contributed by atoms with Crippen molar-refractivity contribution in [2.24, 2.45) is 5.73 Å². The molecule has 0 aliphatic carbocycles. The molecule has 0 aliphatic heterocycles. The van der Waals surface area contributed by atoms with Gasteiger partial charge in [-0.25, -0.2) is 0 Å². The SMILES string of the molecule is CC(C)(C)c1ccc(C(N)c2ncon2)cc1. The summed E-state index contributed by atoms with van der Waals surface area (Å²) >= 11 is 0. The third-order valence-electron chi connectivity index (χ3n) is 2.79. The zero-order valence-electron chi connectivity index (χ0n) is 10.3. The van der Waals surface area contributed by atoms with E-state index in [1.807, 2.05) is 12.1 Å². The first-order valence-electron chi connectivity index (χ1n) is 5.61. The van der Waals surface area contributed by atoms with Crippen LogP contribution in [0.5, 0.6) is 0 Å². The Hall–Kier alpha value is -1.68. The lowest BCUT2D eigenvalue weighted by Crippen LogP contribution is -2.15. The van der Waals surface area contributed by atoms with Gasteiger partial charge < -0.3 is 10.3 Å². The molecule has 2 rings (SSSR count). The van der Waals surface area contributed by atoms with Gasteiger partial charge in [-0.05, 0) is 16.5 Å². The van der Waals surface area contributed by atoms with Crippen LogP contribution in [0.2, 0.25) is 0 Å². The molecule has 90 valence electrons. The van der Waals surface area contributed by atoms with E-state index in [4.69, 9.17) is 10.3 Å². The van der Waals surface area contributed by atoms with E-state index < -0.39 is 0 Å². The predicted molar refractivity (Wildman–Crippen MR) is 65.5 cm³/mol. The number of hydrogen-bond acceptors (Lipinski definition) is 4. The maximum atomic E-state index is 6.03. The Bertz CT molecular complexity index is 468. The van der Waals surface area contributed by atoms with Gasteiger partial charge in [-0.3, -0.25) is 0 Å². The maximum Gasteiger partial charge on any atom is 0.213 e. The van der Waals surface area contributed by atoms with Crippen molar-refractivity contribution >= 4 is 0 Å². The zero-order chi connectivity index (χ0) is 12.5. The molecule has 4 heteroatoms. The molecule has 0 aliphatic rings. The maximum absolute atomic E-state index is 6.03. The van der Waals surface area contributed by atoms with Crippen LogP contribution in [0, 0.1) is 0 Å². The van der Waals surface area contributed by atoms with Crippen LogP contribution in [0.25, 0.3) is 0 Å². The van der Waals surface area contributed by atoms with Crippen LogP contribution in [0.4, 0.5) is 0 Å². The Labute approximate surface area is 101 Å². The summed E-state index contributed by atoms with van der Waals surface area (Å²) in [6, 6.07) is 7.89. The monoisotopic (exact) mass is 231 g/mol. The van der Waals surface area contributed by atoms with Crippen molar-refractivity contribution in [3.05, 3.63) is 47.6 Å². The molecule has 4 nitrogen and oxygen atoms in total. The molecule has 17 heavy (non-hydrogen) atoms. The fourth-order valence-corrected chi connectivity index (χ4v) is 1.66. The molecule has 0 bridgehead atoms. The Morgan fingerprint density at radius 1 is 1.18 bits per heavy atom. The van der Waals surface area contributed by atoms with Gasteiger partial charge in [-0.2, -0.15) is 4.98 Å². The number of nitrogens with two attached hydrogens (primary N) is 1. The number of rotatable bonds is 2. The molecule has 2 aromatic rings. The minimum Gasteiger partial charge on any atom is -0.343 e. The highest BCUT2D eigenvalue weighted by atomic mass is 16.5. The van der Waals surface area contributed by atoms with E-state index in [0.717, 1.165) is 5.56 Å². The average Bonchev–Trinajstić information content (AvgIpc) is 2.80. The van der Waals surface area contributed by atoms with Crippen LogP contribution in [0.1, 0.15) is 43.8 Å².